The number of nitrogens with one attached hydrogen (secondary N) is 2. The molecule has 0 unspecified atom stereocenters. The molecule has 0 bridgehead atoms. The lowest BCUT2D eigenvalue weighted by Crippen LogP contribution is -2.39. The molecular weight excluding hydrogens is 319 g/mol. The molecule has 0 atom stereocenters. The van der Waals surface area contributed by atoms with E-state index >= 15 is 0 Å². The summed E-state index contributed by atoms with van der Waals surface area (Å²) in [5.41, 5.74) is 0.784. The maximum absolute atomic E-state index is 11.6. The predicted molar refractivity (Wildman–Crippen MR) is 78.4 cm³/mol. The van der Waals surface area contributed by atoms with Crippen LogP contribution in [0.1, 0.15) is 12.0 Å². The van der Waals surface area contributed by atoms with Gasteiger partial charge in [-0.1, -0.05) is 29.3 Å². The van der Waals surface area contributed by atoms with Crippen molar-refractivity contribution < 1.29 is 19.5 Å². The largest absolute Gasteiger partial charge is 0.480 e. The Balaban J connectivity index is 2.31. The van der Waals surface area contributed by atoms with Crippen LogP contribution in [-0.2, 0) is 20.8 Å². The van der Waals surface area contributed by atoms with Gasteiger partial charge in [-0.25, -0.2) is 0 Å². The minimum atomic E-state index is -1.15. The van der Waals surface area contributed by atoms with E-state index in [1.807, 2.05) is 0 Å². The lowest BCUT2D eigenvalue weighted by atomic mass is 10.1. The first kappa shape index (κ1) is 17.3. The van der Waals surface area contributed by atoms with Crippen LogP contribution in [0.2, 0.25) is 10.0 Å². The molecular formula is C13H14Cl2N2O4. The van der Waals surface area contributed by atoms with Crippen molar-refractivity contribution in [2.24, 2.45) is 0 Å². The SMILES string of the molecule is O=C(O)CNC(=O)CNC(=O)CCc1ccc(Cl)cc1Cl. The Morgan fingerprint density at radius 3 is 2.33 bits per heavy atom. The fraction of sp³-hybridized carbons (Fsp3) is 0.308. The zero-order valence-electron chi connectivity index (χ0n) is 11.0. The molecule has 0 saturated heterocycles. The minimum Gasteiger partial charge on any atom is -0.480 e. The molecule has 0 fully saturated rings. The van der Waals surface area contributed by atoms with Gasteiger partial charge in [0.2, 0.25) is 11.8 Å². The summed E-state index contributed by atoms with van der Waals surface area (Å²) in [7, 11) is 0. The number of carbonyl (C=O) groups is 3. The van der Waals surface area contributed by atoms with Gasteiger partial charge in [-0.05, 0) is 24.1 Å². The molecule has 0 aliphatic heterocycles. The van der Waals surface area contributed by atoms with Gasteiger partial charge in [-0.15, -0.1) is 0 Å². The van der Waals surface area contributed by atoms with Gasteiger partial charge in [0.05, 0.1) is 6.54 Å². The zero-order chi connectivity index (χ0) is 15.8. The maximum atomic E-state index is 11.6. The fourth-order valence-electron chi connectivity index (χ4n) is 1.48. The van der Waals surface area contributed by atoms with E-state index in [-0.39, 0.29) is 18.9 Å². The number of halogens is 2. The summed E-state index contributed by atoms with van der Waals surface area (Å²) in [4.78, 5) is 33.0. The lowest BCUT2D eigenvalue weighted by Gasteiger charge is -2.07. The third-order valence-corrected chi connectivity index (χ3v) is 3.11. The van der Waals surface area contributed by atoms with Crippen molar-refractivity contribution in [2.75, 3.05) is 13.1 Å². The molecule has 0 aromatic heterocycles. The second-order valence-electron chi connectivity index (χ2n) is 4.18. The van der Waals surface area contributed by atoms with Crippen LogP contribution in [0.4, 0.5) is 0 Å². The number of aliphatic carboxylic acids is 1. The van der Waals surface area contributed by atoms with Crippen LogP contribution >= 0.6 is 23.2 Å². The number of carbonyl (C=O) groups excluding carboxylic acids is 2. The van der Waals surface area contributed by atoms with Gasteiger partial charge in [0, 0.05) is 16.5 Å². The average Bonchev–Trinajstić information content (AvgIpc) is 2.41. The van der Waals surface area contributed by atoms with Crippen LogP contribution in [0.15, 0.2) is 18.2 Å². The van der Waals surface area contributed by atoms with E-state index < -0.39 is 18.4 Å². The van der Waals surface area contributed by atoms with Crippen molar-refractivity contribution in [1.82, 2.24) is 10.6 Å². The molecule has 1 aromatic rings. The molecule has 0 heterocycles. The Morgan fingerprint density at radius 1 is 1.05 bits per heavy atom. The summed E-state index contributed by atoms with van der Waals surface area (Å²) in [6.45, 7) is -0.741. The van der Waals surface area contributed by atoms with Crippen molar-refractivity contribution in [1.29, 1.82) is 0 Å². The first-order chi connectivity index (χ1) is 9.88. The van der Waals surface area contributed by atoms with E-state index in [9.17, 15) is 14.4 Å². The molecule has 8 heteroatoms. The number of benzene rings is 1. The van der Waals surface area contributed by atoms with Crippen molar-refractivity contribution >= 4 is 41.0 Å². The van der Waals surface area contributed by atoms with Gasteiger partial charge in [0.25, 0.3) is 0 Å². The number of aryl methyl sites for hydroxylation is 1. The number of hydrogen-bond donors (Lipinski definition) is 3. The predicted octanol–water partition coefficient (Wildman–Crippen LogP) is 1.24. The first-order valence-corrected chi connectivity index (χ1v) is 6.83. The van der Waals surface area contributed by atoms with Gasteiger partial charge in [0.1, 0.15) is 6.54 Å². The normalized spacial score (nSPS) is 10.0. The van der Waals surface area contributed by atoms with Crippen LogP contribution in [0, 0.1) is 0 Å². The highest BCUT2D eigenvalue weighted by Crippen LogP contribution is 2.21. The van der Waals surface area contributed by atoms with Gasteiger partial charge in [-0.2, -0.15) is 0 Å². The topological polar surface area (TPSA) is 95.5 Å². The van der Waals surface area contributed by atoms with Crippen LogP contribution in [0.25, 0.3) is 0 Å². The molecule has 2 amide bonds. The van der Waals surface area contributed by atoms with E-state index in [2.05, 4.69) is 10.6 Å². The Kier molecular flexibility index (Phi) is 6.98. The van der Waals surface area contributed by atoms with Crippen LogP contribution in [0.3, 0.4) is 0 Å². The Bertz CT molecular complexity index is 549. The molecule has 3 N–H and O–H groups in total. The monoisotopic (exact) mass is 332 g/mol. The number of carboxylic acids is 1. The first-order valence-electron chi connectivity index (χ1n) is 6.07. The van der Waals surface area contributed by atoms with E-state index in [1.54, 1.807) is 18.2 Å². The zero-order valence-corrected chi connectivity index (χ0v) is 12.5. The smallest absolute Gasteiger partial charge is 0.322 e. The van der Waals surface area contributed by atoms with Crippen LogP contribution in [-0.4, -0.2) is 36.0 Å². The number of amides is 2. The number of rotatable bonds is 7. The average molecular weight is 333 g/mol. The van der Waals surface area contributed by atoms with Gasteiger partial charge >= 0.3 is 5.97 Å². The summed E-state index contributed by atoms with van der Waals surface area (Å²) in [5.74, 6) is -2.03. The number of hydrogen-bond acceptors (Lipinski definition) is 3. The Morgan fingerprint density at radius 2 is 1.71 bits per heavy atom. The quantitative estimate of drug-likeness (QED) is 0.700. The third-order valence-electron chi connectivity index (χ3n) is 2.52. The summed E-state index contributed by atoms with van der Waals surface area (Å²) >= 11 is 11.7. The van der Waals surface area contributed by atoms with E-state index in [0.717, 1.165) is 5.56 Å². The highest BCUT2D eigenvalue weighted by Gasteiger charge is 2.08. The molecule has 0 aliphatic rings. The fourth-order valence-corrected chi connectivity index (χ4v) is 1.98. The molecule has 6 nitrogen and oxygen atoms in total. The highest BCUT2D eigenvalue weighted by atomic mass is 35.5. The molecule has 0 aliphatic carbocycles. The van der Waals surface area contributed by atoms with Gasteiger partial charge < -0.3 is 15.7 Å². The van der Waals surface area contributed by atoms with E-state index in [4.69, 9.17) is 28.3 Å². The van der Waals surface area contributed by atoms with Gasteiger partial charge in [0.15, 0.2) is 0 Å². The molecule has 21 heavy (non-hydrogen) atoms. The standard InChI is InChI=1S/C13H14Cl2N2O4/c14-9-3-1-8(10(15)5-9)2-4-11(18)16-6-12(19)17-7-13(20)21/h1,3,5H,2,4,6-7H2,(H,16,18)(H,17,19)(H,20,21). The summed E-state index contributed by atoms with van der Waals surface area (Å²) in [5, 5.41) is 13.9. The third kappa shape index (κ3) is 6.97. The summed E-state index contributed by atoms with van der Waals surface area (Å²) in [6.07, 6.45) is 0.576. The van der Waals surface area contributed by atoms with E-state index in [1.165, 1.54) is 0 Å². The molecule has 114 valence electrons. The number of carboxylic acid groups (broad SMARTS) is 1. The van der Waals surface area contributed by atoms with Crippen molar-refractivity contribution in [3.63, 3.8) is 0 Å². The lowest BCUT2D eigenvalue weighted by molar-refractivity contribution is -0.137. The second kappa shape index (κ2) is 8.49. The molecule has 1 rings (SSSR count). The summed E-state index contributed by atoms with van der Waals surface area (Å²) in [6, 6.07) is 5.01. The van der Waals surface area contributed by atoms with Crippen molar-refractivity contribution in [2.45, 2.75) is 12.8 Å². The molecule has 0 radical (unpaired) electrons. The van der Waals surface area contributed by atoms with Crippen molar-refractivity contribution in [3.05, 3.63) is 33.8 Å². The van der Waals surface area contributed by atoms with Crippen molar-refractivity contribution in [3.8, 4) is 0 Å². The second-order valence-corrected chi connectivity index (χ2v) is 5.03. The highest BCUT2D eigenvalue weighted by molar-refractivity contribution is 6.35. The molecule has 0 saturated carbocycles. The molecule has 0 spiro atoms. The van der Waals surface area contributed by atoms with Gasteiger partial charge in [-0.3, -0.25) is 14.4 Å². The van der Waals surface area contributed by atoms with E-state index in [0.29, 0.717) is 16.5 Å². The Labute approximate surface area is 131 Å². The van der Waals surface area contributed by atoms with Crippen LogP contribution in [0.5, 0.6) is 0 Å². The van der Waals surface area contributed by atoms with Crippen LogP contribution < -0.4 is 10.6 Å². The maximum Gasteiger partial charge on any atom is 0.322 e. The Hall–Kier alpha value is -1.79. The summed E-state index contributed by atoms with van der Waals surface area (Å²) < 4.78 is 0. The minimum absolute atomic E-state index is 0.160. The molecule has 1 aromatic carbocycles.